The van der Waals surface area contributed by atoms with Gasteiger partial charge in [-0.3, -0.25) is 9.59 Å². The van der Waals surface area contributed by atoms with E-state index >= 15 is 0 Å². The molecule has 0 unspecified atom stereocenters. The lowest BCUT2D eigenvalue weighted by atomic mass is 9.85. The maximum absolute atomic E-state index is 12.8. The Kier molecular flexibility index (Phi) is 5.36. The van der Waals surface area contributed by atoms with Crippen LogP contribution in [0.15, 0.2) is 48.5 Å². The van der Waals surface area contributed by atoms with Crippen LogP contribution in [0.5, 0.6) is 0 Å². The summed E-state index contributed by atoms with van der Waals surface area (Å²) in [5.41, 5.74) is 3.95. The third kappa shape index (κ3) is 4.21. The molecule has 4 heteroatoms. The van der Waals surface area contributed by atoms with Crippen LogP contribution in [0.2, 0.25) is 0 Å². The molecule has 142 valence electrons. The summed E-state index contributed by atoms with van der Waals surface area (Å²) in [4.78, 5) is 27.0. The maximum atomic E-state index is 12.8. The Bertz CT molecular complexity index is 834. The number of nitrogens with zero attached hydrogens (tertiary/aromatic N) is 1. The van der Waals surface area contributed by atoms with Crippen LogP contribution in [0.25, 0.3) is 0 Å². The van der Waals surface area contributed by atoms with E-state index in [0.717, 1.165) is 23.4 Å². The van der Waals surface area contributed by atoms with Crippen LogP contribution in [0.4, 0.5) is 11.4 Å². The second-order valence-electron chi connectivity index (χ2n) is 8.21. The first-order valence-electron chi connectivity index (χ1n) is 9.59. The third-order valence-electron chi connectivity index (χ3n) is 5.15. The third-order valence-corrected chi connectivity index (χ3v) is 5.15. The molecule has 0 saturated carbocycles. The Morgan fingerprint density at radius 3 is 2.41 bits per heavy atom. The fraction of sp³-hybridized carbons (Fsp3) is 0.391. The number of para-hydroxylation sites is 1. The molecular weight excluding hydrogens is 336 g/mol. The lowest BCUT2D eigenvalue weighted by Gasteiger charge is -2.23. The minimum absolute atomic E-state index is 0.00325. The highest BCUT2D eigenvalue weighted by Gasteiger charge is 2.35. The van der Waals surface area contributed by atoms with Crippen molar-refractivity contribution in [2.24, 2.45) is 5.92 Å². The lowest BCUT2D eigenvalue weighted by Crippen LogP contribution is -2.28. The minimum atomic E-state index is -0.337. The van der Waals surface area contributed by atoms with Crippen LogP contribution in [-0.2, 0) is 21.4 Å². The zero-order valence-corrected chi connectivity index (χ0v) is 16.6. The average Bonchev–Trinajstić information content (AvgIpc) is 3.03. The fourth-order valence-corrected chi connectivity index (χ4v) is 3.53. The standard InChI is InChI=1S/C23H28N2O2/c1-5-16-10-12-18(13-11-16)25-15-17(14-21(25)26)22(27)24-20-9-7-6-8-19(20)23(2,3)4/h6-13,17H,5,14-15H2,1-4H3,(H,24,27)/t17-/m1/s1. The molecule has 4 nitrogen and oxygen atoms in total. The minimum Gasteiger partial charge on any atom is -0.326 e. The second-order valence-corrected chi connectivity index (χ2v) is 8.21. The van der Waals surface area contributed by atoms with E-state index in [9.17, 15) is 9.59 Å². The number of hydrogen-bond acceptors (Lipinski definition) is 2. The Morgan fingerprint density at radius 2 is 1.78 bits per heavy atom. The molecule has 1 fully saturated rings. The van der Waals surface area contributed by atoms with E-state index < -0.39 is 0 Å². The van der Waals surface area contributed by atoms with Crippen molar-refractivity contribution >= 4 is 23.2 Å². The van der Waals surface area contributed by atoms with Crippen LogP contribution < -0.4 is 10.2 Å². The number of amides is 2. The zero-order chi connectivity index (χ0) is 19.6. The Hall–Kier alpha value is -2.62. The van der Waals surface area contributed by atoms with Gasteiger partial charge in [-0.05, 0) is 41.2 Å². The summed E-state index contributed by atoms with van der Waals surface area (Å²) in [7, 11) is 0. The molecule has 2 aromatic rings. The predicted octanol–water partition coefficient (Wildman–Crippen LogP) is 4.54. The summed E-state index contributed by atoms with van der Waals surface area (Å²) < 4.78 is 0. The summed E-state index contributed by atoms with van der Waals surface area (Å²) in [6.07, 6.45) is 1.21. The van der Waals surface area contributed by atoms with Gasteiger partial charge in [0.15, 0.2) is 0 Å². The largest absolute Gasteiger partial charge is 0.326 e. The molecule has 2 aromatic carbocycles. The quantitative estimate of drug-likeness (QED) is 0.866. The number of anilines is 2. The van der Waals surface area contributed by atoms with Crippen molar-refractivity contribution in [3.05, 3.63) is 59.7 Å². The fourth-order valence-electron chi connectivity index (χ4n) is 3.53. The predicted molar refractivity (Wildman–Crippen MR) is 110 cm³/mol. The number of nitrogens with one attached hydrogen (secondary N) is 1. The van der Waals surface area contributed by atoms with Gasteiger partial charge in [0.05, 0.1) is 5.92 Å². The van der Waals surface area contributed by atoms with Crippen molar-refractivity contribution in [1.82, 2.24) is 0 Å². The smallest absolute Gasteiger partial charge is 0.229 e. The topological polar surface area (TPSA) is 49.4 Å². The first kappa shape index (κ1) is 19.2. The van der Waals surface area contributed by atoms with Crippen molar-refractivity contribution < 1.29 is 9.59 Å². The molecule has 3 rings (SSSR count). The van der Waals surface area contributed by atoms with Gasteiger partial charge in [0, 0.05) is 24.3 Å². The number of rotatable bonds is 4. The molecular formula is C23H28N2O2. The van der Waals surface area contributed by atoms with Crippen molar-refractivity contribution in [2.45, 2.75) is 46.0 Å². The normalized spacial score (nSPS) is 17.3. The van der Waals surface area contributed by atoms with Crippen molar-refractivity contribution in [3.63, 3.8) is 0 Å². The van der Waals surface area contributed by atoms with E-state index in [1.807, 2.05) is 48.5 Å². The summed E-state index contributed by atoms with van der Waals surface area (Å²) >= 11 is 0. The van der Waals surface area contributed by atoms with Gasteiger partial charge >= 0.3 is 0 Å². The Morgan fingerprint density at radius 1 is 1.11 bits per heavy atom. The molecule has 1 N–H and O–H groups in total. The molecule has 0 spiro atoms. The number of aryl methyl sites for hydroxylation is 1. The monoisotopic (exact) mass is 364 g/mol. The summed E-state index contributed by atoms with van der Waals surface area (Å²) in [6, 6.07) is 15.9. The summed E-state index contributed by atoms with van der Waals surface area (Å²) in [5.74, 6) is -0.424. The SMILES string of the molecule is CCc1ccc(N2C[C@H](C(=O)Nc3ccccc3C(C)(C)C)CC2=O)cc1. The molecule has 2 amide bonds. The molecule has 0 radical (unpaired) electrons. The number of benzene rings is 2. The Labute approximate surface area is 161 Å². The highest BCUT2D eigenvalue weighted by molar-refractivity contribution is 6.03. The van der Waals surface area contributed by atoms with Crippen LogP contribution in [0.3, 0.4) is 0 Å². The van der Waals surface area contributed by atoms with E-state index in [1.54, 1.807) is 4.90 Å². The van der Waals surface area contributed by atoms with Gasteiger partial charge in [-0.1, -0.05) is 58.0 Å². The number of hydrogen-bond donors (Lipinski definition) is 1. The van der Waals surface area contributed by atoms with Gasteiger partial charge in [0.2, 0.25) is 11.8 Å². The van der Waals surface area contributed by atoms with E-state index in [2.05, 4.69) is 33.0 Å². The molecule has 1 saturated heterocycles. The van der Waals surface area contributed by atoms with Crippen molar-refractivity contribution in [3.8, 4) is 0 Å². The molecule has 1 heterocycles. The van der Waals surface area contributed by atoms with Crippen LogP contribution in [-0.4, -0.2) is 18.4 Å². The average molecular weight is 364 g/mol. The van der Waals surface area contributed by atoms with Gasteiger partial charge in [0.1, 0.15) is 0 Å². The first-order chi connectivity index (χ1) is 12.8. The van der Waals surface area contributed by atoms with E-state index in [4.69, 9.17) is 0 Å². The van der Waals surface area contributed by atoms with Crippen LogP contribution in [0, 0.1) is 5.92 Å². The van der Waals surface area contributed by atoms with Gasteiger partial charge < -0.3 is 10.2 Å². The van der Waals surface area contributed by atoms with E-state index in [-0.39, 0.29) is 29.6 Å². The molecule has 1 atom stereocenters. The highest BCUT2D eigenvalue weighted by atomic mass is 16.2. The van der Waals surface area contributed by atoms with Gasteiger partial charge in [-0.25, -0.2) is 0 Å². The van der Waals surface area contributed by atoms with Gasteiger partial charge in [0.25, 0.3) is 0 Å². The Balaban J connectivity index is 1.73. The van der Waals surface area contributed by atoms with Crippen LogP contribution in [0.1, 0.15) is 45.2 Å². The molecule has 27 heavy (non-hydrogen) atoms. The van der Waals surface area contributed by atoms with E-state index in [0.29, 0.717) is 6.54 Å². The van der Waals surface area contributed by atoms with E-state index in [1.165, 1.54) is 5.56 Å². The van der Waals surface area contributed by atoms with Crippen molar-refractivity contribution in [2.75, 3.05) is 16.8 Å². The molecule has 0 bridgehead atoms. The molecule has 1 aliphatic rings. The molecule has 0 aliphatic carbocycles. The molecule has 1 aliphatic heterocycles. The maximum Gasteiger partial charge on any atom is 0.229 e. The van der Waals surface area contributed by atoms with Gasteiger partial charge in [-0.2, -0.15) is 0 Å². The van der Waals surface area contributed by atoms with Crippen molar-refractivity contribution in [1.29, 1.82) is 0 Å². The summed E-state index contributed by atoms with van der Waals surface area (Å²) in [6.45, 7) is 8.90. The number of carbonyl (C=O) groups is 2. The second kappa shape index (κ2) is 7.55. The molecule has 0 aromatic heterocycles. The van der Waals surface area contributed by atoms with Crippen LogP contribution >= 0.6 is 0 Å². The lowest BCUT2D eigenvalue weighted by molar-refractivity contribution is -0.122. The first-order valence-corrected chi connectivity index (χ1v) is 9.59. The van der Waals surface area contributed by atoms with Gasteiger partial charge in [-0.15, -0.1) is 0 Å². The highest BCUT2D eigenvalue weighted by Crippen LogP contribution is 2.31. The zero-order valence-electron chi connectivity index (χ0n) is 16.6. The number of carbonyl (C=O) groups excluding carboxylic acids is 2. The summed E-state index contributed by atoms with van der Waals surface area (Å²) in [5, 5.41) is 3.05.